The number of nitrogens with zero attached hydrogens (tertiary/aromatic N) is 1. The zero-order valence-corrected chi connectivity index (χ0v) is 13.6. The number of thiazole rings is 1. The third-order valence-corrected chi connectivity index (χ3v) is 4.36. The molecule has 0 amide bonds. The summed E-state index contributed by atoms with van der Waals surface area (Å²) in [6, 6.07) is 8.70. The van der Waals surface area contributed by atoms with E-state index in [4.69, 9.17) is 10.1 Å². The third-order valence-electron chi connectivity index (χ3n) is 3.45. The number of nitrogens with one attached hydrogen (secondary N) is 1. The molecule has 0 fully saturated rings. The van der Waals surface area contributed by atoms with Gasteiger partial charge in [0.25, 0.3) is 0 Å². The van der Waals surface area contributed by atoms with E-state index in [1.807, 2.05) is 0 Å². The van der Waals surface area contributed by atoms with E-state index >= 15 is 0 Å². The van der Waals surface area contributed by atoms with E-state index in [-0.39, 0.29) is 6.61 Å². The van der Waals surface area contributed by atoms with Crippen molar-refractivity contribution >= 4 is 11.3 Å². The van der Waals surface area contributed by atoms with Gasteiger partial charge in [0.2, 0.25) is 0 Å². The van der Waals surface area contributed by atoms with Crippen LogP contribution in [0, 0.1) is 0 Å². The highest BCUT2D eigenvalue weighted by molar-refractivity contribution is 7.09. The minimum absolute atomic E-state index is 0.251. The van der Waals surface area contributed by atoms with E-state index < -0.39 is 0 Å². The molecule has 1 aromatic heterocycles. The zero-order valence-electron chi connectivity index (χ0n) is 12.8. The first-order valence-corrected chi connectivity index (χ1v) is 8.45. The first kappa shape index (κ1) is 16.1. The van der Waals surface area contributed by atoms with Crippen molar-refractivity contribution in [2.45, 2.75) is 32.6 Å². The lowest BCUT2D eigenvalue weighted by atomic mass is 10.0. The summed E-state index contributed by atoms with van der Waals surface area (Å²) in [6.07, 6.45) is 1.76. The van der Waals surface area contributed by atoms with Crippen molar-refractivity contribution < 1.29 is 5.11 Å². The molecule has 0 aliphatic carbocycles. The first-order chi connectivity index (χ1) is 10.2. The Labute approximate surface area is 131 Å². The summed E-state index contributed by atoms with van der Waals surface area (Å²) in [5.41, 5.74) is 3.62. The molecule has 4 heteroatoms. The van der Waals surface area contributed by atoms with Crippen LogP contribution in [0.1, 0.15) is 36.8 Å². The predicted octanol–water partition coefficient (Wildman–Crippen LogP) is 3.45. The molecule has 2 aromatic rings. The SMILES string of the molecule is CC(C)c1ccc(-c2csc(CCNCCCO)n2)cc1. The number of aliphatic hydroxyl groups excluding tert-OH is 1. The number of hydrogen-bond acceptors (Lipinski definition) is 4. The summed E-state index contributed by atoms with van der Waals surface area (Å²) in [6.45, 7) is 6.45. The van der Waals surface area contributed by atoms with Gasteiger partial charge >= 0.3 is 0 Å². The van der Waals surface area contributed by atoms with E-state index in [0.717, 1.165) is 36.6 Å². The maximum absolute atomic E-state index is 8.72. The Bertz CT molecular complexity index is 534. The van der Waals surface area contributed by atoms with Crippen molar-refractivity contribution in [3.63, 3.8) is 0 Å². The Kier molecular flexibility index (Phi) is 6.36. The number of aliphatic hydroxyl groups is 1. The van der Waals surface area contributed by atoms with Crippen LogP contribution in [0.3, 0.4) is 0 Å². The average Bonchev–Trinajstić information content (AvgIpc) is 2.96. The zero-order chi connectivity index (χ0) is 15.1. The average molecular weight is 304 g/mol. The molecule has 0 radical (unpaired) electrons. The van der Waals surface area contributed by atoms with Gasteiger partial charge in [-0.15, -0.1) is 11.3 Å². The van der Waals surface area contributed by atoms with Gasteiger partial charge in [0.05, 0.1) is 10.7 Å². The highest BCUT2D eigenvalue weighted by Gasteiger charge is 2.05. The second-order valence-electron chi connectivity index (χ2n) is 5.48. The van der Waals surface area contributed by atoms with Gasteiger partial charge in [0.15, 0.2) is 0 Å². The van der Waals surface area contributed by atoms with Gasteiger partial charge in [-0.05, 0) is 24.4 Å². The summed E-state index contributed by atoms with van der Waals surface area (Å²) >= 11 is 1.72. The Hall–Kier alpha value is -1.23. The summed E-state index contributed by atoms with van der Waals surface area (Å²) < 4.78 is 0. The van der Waals surface area contributed by atoms with E-state index in [9.17, 15) is 0 Å². The second kappa shape index (κ2) is 8.27. The molecule has 0 unspecified atom stereocenters. The molecule has 2 N–H and O–H groups in total. The molecule has 114 valence electrons. The molecule has 2 rings (SSSR count). The summed E-state index contributed by atoms with van der Waals surface area (Å²) in [7, 11) is 0. The van der Waals surface area contributed by atoms with E-state index in [1.54, 1.807) is 11.3 Å². The molecular formula is C17H24N2OS. The Morgan fingerprint density at radius 1 is 1.19 bits per heavy atom. The van der Waals surface area contributed by atoms with Gasteiger partial charge in [-0.2, -0.15) is 0 Å². The summed E-state index contributed by atoms with van der Waals surface area (Å²) in [4.78, 5) is 4.70. The number of benzene rings is 1. The Morgan fingerprint density at radius 2 is 1.95 bits per heavy atom. The van der Waals surface area contributed by atoms with Gasteiger partial charge in [0.1, 0.15) is 0 Å². The summed E-state index contributed by atoms with van der Waals surface area (Å²) in [5.74, 6) is 0.565. The molecule has 0 spiro atoms. The minimum atomic E-state index is 0.251. The van der Waals surface area contributed by atoms with Crippen LogP contribution in [0.2, 0.25) is 0 Å². The third kappa shape index (κ3) is 4.92. The molecule has 0 bridgehead atoms. The van der Waals surface area contributed by atoms with Crippen molar-refractivity contribution in [1.82, 2.24) is 10.3 Å². The van der Waals surface area contributed by atoms with E-state index in [0.29, 0.717) is 5.92 Å². The van der Waals surface area contributed by atoms with Crippen molar-refractivity contribution in [1.29, 1.82) is 0 Å². The lowest BCUT2D eigenvalue weighted by Crippen LogP contribution is -2.19. The van der Waals surface area contributed by atoms with Crippen molar-refractivity contribution in [3.05, 3.63) is 40.2 Å². The molecular weight excluding hydrogens is 280 g/mol. The molecule has 3 nitrogen and oxygen atoms in total. The van der Waals surface area contributed by atoms with Gasteiger partial charge in [-0.1, -0.05) is 38.1 Å². The van der Waals surface area contributed by atoms with Crippen LogP contribution in [-0.2, 0) is 6.42 Å². The number of aromatic nitrogens is 1. The molecule has 0 aliphatic rings. The van der Waals surface area contributed by atoms with Gasteiger partial charge in [-0.25, -0.2) is 4.98 Å². The Morgan fingerprint density at radius 3 is 2.62 bits per heavy atom. The fourth-order valence-electron chi connectivity index (χ4n) is 2.12. The van der Waals surface area contributed by atoms with E-state index in [2.05, 4.69) is 48.8 Å². The molecule has 1 heterocycles. The van der Waals surface area contributed by atoms with Crippen LogP contribution in [0.25, 0.3) is 11.3 Å². The predicted molar refractivity (Wildman–Crippen MR) is 89.9 cm³/mol. The van der Waals surface area contributed by atoms with Gasteiger partial charge in [0, 0.05) is 30.5 Å². The monoisotopic (exact) mass is 304 g/mol. The fraction of sp³-hybridized carbons (Fsp3) is 0.471. The maximum atomic E-state index is 8.72. The number of rotatable bonds is 8. The van der Waals surface area contributed by atoms with Crippen LogP contribution in [0.15, 0.2) is 29.6 Å². The lowest BCUT2D eigenvalue weighted by molar-refractivity contribution is 0.286. The van der Waals surface area contributed by atoms with Crippen molar-refractivity contribution in [3.8, 4) is 11.3 Å². The van der Waals surface area contributed by atoms with Crippen LogP contribution >= 0.6 is 11.3 Å². The van der Waals surface area contributed by atoms with E-state index in [1.165, 1.54) is 11.1 Å². The maximum Gasteiger partial charge on any atom is 0.0945 e. The smallest absolute Gasteiger partial charge is 0.0945 e. The molecule has 1 aromatic carbocycles. The largest absolute Gasteiger partial charge is 0.396 e. The standard InChI is InChI=1S/C17H24N2OS/c1-13(2)14-4-6-15(7-5-14)16-12-21-17(19-16)8-10-18-9-3-11-20/h4-7,12-13,18,20H,3,8-11H2,1-2H3. The molecule has 0 saturated heterocycles. The first-order valence-electron chi connectivity index (χ1n) is 7.57. The highest BCUT2D eigenvalue weighted by atomic mass is 32.1. The normalized spacial score (nSPS) is 11.2. The fourth-order valence-corrected chi connectivity index (χ4v) is 2.93. The topological polar surface area (TPSA) is 45.1 Å². The molecule has 21 heavy (non-hydrogen) atoms. The van der Waals surface area contributed by atoms with Gasteiger partial charge < -0.3 is 10.4 Å². The number of hydrogen-bond donors (Lipinski definition) is 2. The second-order valence-corrected chi connectivity index (χ2v) is 6.42. The quantitative estimate of drug-likeness (QED) is 0.734. The minimum Gasteiger partial charge on any atom is -0.396 e. The Balaban J connectivity index is 1.90. The molecule has 0 saturated carbocycles. The van der Waals surface area contributed by atoms with Crippen molar-refractivity contribution in [2.24, 2.45) is 0 Å². The van der Waals surface area contributed by atoms with Crippen LogP contribution in [0.4, 0.5) is 0 Å². The van der Waals surface area contributed by atoms with Crippen LogP contribution in [-0.4, -0.2) is 29.8 Å². The highest BCUT2D eigenvalue weighted by Crippen LogP contribution is 2.24. The summed E-state index contributed by atoms with van der Waals surface area (Å²) in [5, 5.41) is 15.3. The van der Waals surface area contributed by atoms with Crippen molar-refractivity contribution in [2.75, 3.05) is 19.7 Å². The van der Waals surface area contributed by atoms with Crippen LogP contribution < -0.4 is 5.32 Å². The van der Waals surface area contributed by atoms with Gasteiger partial charge in [-0.3, -0.25) is 0 Å². The molecule has 0 atom stereocenters. The van der Waals surface area contributed by atoms with Crippen LogP contribution in [0.5, 0.6) is 0 Å². The lowest BCUT2D eigenvalue weighted by Gasteiger charge is -2.05. The molecule has 0 aliphatic heterocycles.